The fourth-order valence-electron chi connectivity index (χ4n) is 4.18. The largest absolute Gasteiger partial charge is 0.342 e. The van der Waals surface area contributed by atoms with E-state index < -0.39 is 0 Å². The van der Waals surface area contributed by atoms with Crippen molar-refractivity contribution in [2.24, 2.45) is 0 Å². The van der Waals surface area contributed by atoms with E-state index in [1.165, 1.54) is 10.7 Å². The highest BCUT2D eigenvalue weighted by molar-refractivity contribution is 5.97. The molecule has 8 heteroatoms. The number of nitrogens with one attached hydrogen (secondary N) is 1. The van der Waals surface area contributed by atoms with Gasteiger partial charge in [-0.25, -0.2) is 9.67 Å². The Morgan fingerprint density at radius 2 is 2.13 bits per heavy atom. The first-order chi connectivity index (χ1) is 15.1. The zero-order valence-electron chi connectivity index (χ0n) is 17.2. The van der Waals surface area contributed by atoms with E-state index in [1.54, 1.807) is 18.5 Å². The number of hydrogen-bond acceptors (Lipinski definition) is 5. The van der Waals surface area contributed by atoms with Crippen molar-refractivity contribution >= 4 is 16.9 Å². The fraction of sp³-hybridized carbons (Fsp3) is 0.261. The van der Waals surface area contributed by atoms with Crippen molar-refractivity contribution in [2.45, 2.75) is 32.4 Å². The van der Waals surface area contributed by atoms with Gasteiger partial charge in [-0.3, -0.25) is 14.6 Å². The summed E-state index contributed by atoms with van der Waals surface area (Å²) in [5, 5.41) is 4.53. The van der Waals surface area contributed by atoms with Crippen LogP contribution in [0.2, 0.25) is 0 Å². The third-order valence-corrected chi connectivity index (χ3v) is 5.69. The van der Waals surface area contributed by atoms with Crippen LogP contribution in [0.3, 0.4) is 0 Å². The molecule has 5 rings (SSSR count). The second-order valence-corrected chi connectivity index (χ2v) is 7.83. The van der Waals surface area contributed by atoms with E-state index in [1.807, 2.05) is 42.2 Å². The third-order valence-electron chi connectivity index (χ3n) is 5.69. The minimum atomic E-state index is -0.179. The number of aromatic nitrogens is 5. The number of fused-ring (bicyclic) bond motifs is 1. The van der Waals surface area contributed by atoms with Gasteiger partial charge < -0.3 is 9.88 Å². The van der Waals surface area contributed by atoms with Crippen molar-refractivity contribution in [3.63, 3.8) is 0 Å². The zero-order valence-corrected chi connectivity index (χ0v) is 17.2. The van der Waals surface area contributed by atoms with Gasteiger partial charge in [0, 0.05) is 36.1 Å². The molecule has 0 saturated carbocycles. The van der Waals surface area contributed by atoms with Gasteiger partial charge in [0.25, 0.3) is 11.5 Å². The van der Waals surface area contributed by atoms with Gasteiger partial charge in [0.15, 0.2) is 0 Å². The van der Waals surface area contributed by atoms with E-state index in [0.717, 1.165) is 35.3 Å². The van der Waals surface area contributed by atoms with E-state index >= 15 is 0 Å². The van der Waals surface area contributed by atoms with Gasteiger partial charge in [-0.2, -0.15) is 5.10 Å². The van der Waals surface area contributed by atoms with Crippen LogP contribution in [-0.4, -0.2) is 48.1 Å². The Labute approximate surface area is 178 Å². The molecule has 156 valence electrons. The number of amides is 1. The maximum absolute atomic E-state index is 13.2. The lowest BCUT2D eigenvalue weighted by atomic mass is 10.1. The molecule has 1 amide bonds. The van der Waals surface area contributed by atoms with Gasteiger partial charge in [-0.1, -0.05) is 0 Å². The van der Waals surface area contributed by atoms with Crippen LogP contribution in [0.5, 0.6) is 0 Å². The molecule has 1 saturated heterocycles. The lowest BCUT2D eigenvalue weighted by molar-refractivity contribution is 0.0720. The number of carbonyl (C=O) groups excluding carboxylic acids is 1. The Kier molecular flexibility index (Phi) is 4.82. The maximum atomic E-state index is 13.2. The summed E-state index contributed by atoms with van der Waals surface area (Å²) < 4.78 is 1.46. The normalized spacial score (nSPS) is 16.2. The van der Waals surface area contributed by atoms with E-state index in [-0.39, 0.29) is 17.5 Å². The molecule has 1 aliphatic heterocycles. The predicted molar refractivity (Wildman–Crippen MR) is 117 cm³/mol. The number of likely N-dealkylation sites (tertiary alicyclic amines) is 1. The third kappa shape index (κ3) is 3.72. The molecule has 0 bridgehead atoms. The number of carbonyl (C=O) groups is 1. The van der Waals surface area contributed by atoms with Gasteiger partial charge >= 0.3 is 0 Å². The molecule has 0 radical (unpaired) electrons. The van der Waals surface area contributed by atoms with Crippen molar-refractivity contribution in [2.75, 3.05) is 6.54 Å². The number of hydrogen-bond donors (Lipinski definition) is 1. The number of rotatable bonds is 4. The molecule has 4 heterocycles. The summed E-state index contributed by atoms with van der Waals surface area (Å²) >= 11 is 0. The number of nitrogens with zero attached hydrogens (tertiary/aromatic N) is 5. The number of benzene rings is 1. The van der Waals surface area contributed by atoms with E-state index in [9.17, 15) is 9.59 Å². The summed E-state index contributed by atoms with van der Waals surface area (Å²) in [5.74, 6) is 0.783. The average Bonchev–Trinajstić information content (AvgIpc) is 3.40. The highest BCUT2D eigenvalue weighted by Gasteiger charge is 2.30. The number of pyridine rings is 1. The molecule has 1 atom stereocenters. The summed E-state index contributed by atoms with van der Waals surface area (Å²) in [5.41, 5.74) is 3.66. The van der Waals surface area contributed by atoms with Gasteiger partial charge in [0.1, 0.15) is 5.82 Å². The SMILES string of the molecule is Cc1nc2ccc(C(=O)N3CCCC3Cn3nc(-c4cccnc4)ccc3=O)cc2[nH]1. The monoisotopic (exact) mass is 414 g/mol. The predicted octanol–water partition coefficient (Wildman–Crippen LogP) is 2.79. The van der Waals surface area contributed by atoms with E-state index in [0.29, 0.717) is 24.3 Å². The highest BCUT2D eigenvalue weighted by Crippen LogP contribution is 2.23. The first-order valence-corrected chi connectivity index (χ1v) is 10.3. The van der Waals surface area contributed by atoms with Crippen molar-refractivity contribution in [3.8, 4) is 11.3 Å². The molecule has 4 aromatic rings. The van der Waals surface area contributed by atoms with Crippen LogP contribution >= 0.6 is 0 Å². The molecule has 1 aliphatic rings. The van der Waals surface area contributed by atoms with Crippen LogP contribution in [0.25, 0.3) is 22.3 Å². The van der Waals surface area contributed by atoms with Crippen LogP contribution in [0, 0.1) is 6.92 Å². The van der Waals surface area contributed by atoms with Gasteiger partial charge in [0.2, 0.25) is 0 Å². The maximum Gasteiger partial charge on any atom is 0.266 e. The topological polar surface area (TPSA) is 96.8 Å². The minimum absolute atomic E-state index is 0.0342. The zero-order chi connectivity index (χ0) is 21.4. The van der Waals surface area contributed by atoms with Crippen molar-refractivity contribution in [1.29, 1.82) is 0 Å². The second kappa shape index (κ2) is 7.79. The molecule has 1 aromatic carbocycles. The molecule has 8 nitrogen and oxygen atoms in total. The molecular formula is C23H22N6O2. The Bertz CT molecular complexity index is 1310. The average molecular weight is 414 g/mol. The van der Waals surface area contributed by atoms with E-state index in [2.05, 4.69) is 20.1 Å². The van der Waals surface area contributed by atoms with Gasteiger partial charge in [-0.05, 0) is 56.2 Å². The molecular weight excluding hydrogens is 392 g/mol. The van der Waals surface area contributed by atoms with Crippen LogP contribution in [-0.2, 0) is 6.54 Å². The van der Waals surface area contributed by atoms with Crippen molar-refractivity contribution in [3.05, 3.63) is 76.6 Å². The minimum Gasteiger partial charge on any atom is -0.342 e. The Hall–Kier alpha value is -3.81. The summed E-state index contributed by atoms with van der Waals surface area (Å²) in [6.45, 7) is 2.92. The number of aromatic amines is 1. The molecule has 0 spiro atoms. The van der Waals surface area contributed by atoms with E-state index in [4.69, 9.17) is 0 Å². The van der Waals surface area contributed by atoms with Crippen molar-refractivity contribution in [1.82, 2.24) is 29.6 Å². The molecule has 1 fully saturated rings. The summed E-state index contributed by atoms with van der Waals surface area (Å²) in [6, 6.07) is 12.4. The first kappa shape index (κ1) is 19.2. The van der Waals surface area contributed by atoms with Crippen molar-refractivity contribution < 1.29 is 4.79 Å². The van der Waals surface area contributed by atoms with Gasteiger partial charge in [-0.15, -0.1) is 0 Å². The van der Waals surface area contributed by atoms with Crippen LogP contribution in [0.4, 0.5) is 0 Å². The molecule has 1 unspecified atom stereocenters. The summed E-state index contributed by atoms with van der Waals surface area (Å²) in [7, 11) is 0. The fourth-order valence-corrected chi connectivity index (χ4v) is 4.18. The van der Waals surface area contributed by atoms with Crippen LogP contribution in [0.1, 0.15) is 29.0 Å². The van der Waals surface area contributed by atoms with Crippen LogP contribution < -0.4 is 5.56 Å². The molecule has 3 aromatic heterocycles. The standard InChI is InChI=1S/C23H22N6O2/c1-15-25-20-7-6-16(12-21(20)26-15)23(31)28-11-3-5-18(28)14-29-22(30)9-8-19(27-29)17-4-2-10-24-13-17/h2,4,6-10,12-13,18H,3,5,11,14H2,1H3,(H,25,26). The number of aryl methyl sites for hydroxylation is 1. The lowest BCUT2D eigenvalue weighted by Gasteiger charge is -2.25. The first-order valence-electron chi connectivity index (χ1n) is 10.3. The Balaban J connectivity index is 1.40. The Morgan fingerprint density at radius 1 is 1.23 bits per heavy atom. The smallest absolute Gasteiger partial charge is 0.266 e. The van der Waals surface area contributed by atoms with Crippen LogP contribution in [0.15, 0.2) is 59.7 Å². The number of imidazole rings is 1. The summed E-state index contributed by atoms with van der Waals surface area (Å²) in [4.78, 5) is 39.3. The highest BCUT2D eigenvalue weighted by atomic mass is 16.2. The summed E-state index contributed by atoms with van der Waals surface area (Å²) in [6.07, 6.45) is 5.15. The molecule has 1 N–H and O–H groups in total. The molecule has 0 aliphatic carbocycles. The quantitative estimate of drug-likeness (QED) is 0.554. The van der Waals surface area contributed by atoms with Gasteiger partial charge in [0.05, 0.1) is 29.3 Å². The second-order valence-electron chi connectivity index (χ2n) is 7.83. The Morgan fingerprint density at radius 3 is 2.97 bits per heavy atom. The number of H-pyrrole nitrogens is 1. The lowest BCUT2D eigenvalue weighted by Crippen LogP contribution is -2.40. The molecule has 31 heavy (non-hydrogen) atoms.